The lowest BCUT2D eigenvalue weighted by atomic mass is 9.98. The van der Waals surface area contributed by atoms with Gasteiger partial charge in [0.15, 0.2) is 0 Å². The van der Waals surface area contributed by atoms with Crippen LogP contribution in [0.2, 0.25) is 0 Å². The van der Waals surface area contributed by atoms with Crippen molar-refractivity contribution in [1.29, 1.82) is 0 Å². The summed E-state index contributed by atoms with van der Waals surface area (Å²) >= 11 is 0. The number of nitrogens with one attached hydrogen (secondary N) is 2. The quantitative estimate of drug-likeness (QED) is 0.681. The Kier molecular flexibility index (Phi) is 2.71. The third-order valence-corrected chi connectivity index (χ3v) is 3.60. The summed E-state index contributed by atoms with van der Waals surface area (Å²) in [6, 6.07) is 12.7. The number of hydrogen-bond acceptors (Lipinski definition) is 2. The maximum atomic E-state index is 3.57. The first-order valence-electron chi connectivity index (χ1n) is 6.61. The first-order valence-corrected chi connectivity index (χ1v) is 6.61. The van der Waals surface area contributed by atoms with Gasteiger partial charge in [0.05, 0.1) is 22.7 Å². The molecule has 0 fully saturated rings. The zero-order valence-corrected chi connectivity index (χ0v) is 10.9. The molecule has 0 aromatic heterocycles. The molecule has 0 aliphatic carbocycles. The van der Waals surface area contributed by atoms with E-state index in [9.17, 15) is 0 Å². The van der Waals surface area contributed by atoms with Crippen LogP contribution in [-0.2, 0) is 12.8 Å². The predicted octanol–water partition coefficient (Wildman–Crippen LogP) is 4.61. The summed E-state index contributed by atoms with van der Waals surface area (Å²) in [4.78, 5) is 0. The summed E-state index contributed by atoms with van der Waals surface area (Å²) in [5.41, 5.74) is 7.60. The van der Waals surface area contributed by atoms with Crippen molar-refractivity contribution in [3.05, 3.63) is 47.5 Å². The highest BCUT2D eigenvalue weighted by atomic mass is 15.0. The minimum atomic E-state index is 1.06. The van der Waals surface area contributed by atoms with E-state index in [0.29, 0.717) is 0 Å². The van der Waals surface area contributed by atoms with Gasteiger partial charge in [0.25, 0.3) is 0 Å². The van der Waals surface area contributed by atoms with Gasteiger partial charge >= 0.3 is 0 Å². The molecule has 0 bridgehead atoms. The molecule has 0 saturated carbocycles. The molecule has 1 aliphatic heterocycles. The normalized spacial score (nSPS) is 12.1. The lowest BCUT2D eigenvalue weighted by Gasteiger charge is -2.26. The summed E-state index contributed by atoms with van der Waals surface area (Å²) < 4.78 is 0. The average Bonchev–Trinajstić information content (AvgIpc) is 2.43. The molecule has 0 radical (unpaired) electrons. The number of anilines is 4. The lowest BCUT2D eigenvalue weighted by Crippen LogP contribution is -2.09. The van der Waals surface area contributed by atoms with Crippen LogP contribution in [-0.4, -0.2) is 0 Å². The Labute approximate surface area is 108 Å². The average molecular weight is 238 g/mol. The molecule has 2 nitrogen and oxygen atoms in total. The topological polar surface area (TPSA) is 24.1 Å². The van der Waals surface area contributed by atoms with Crippen molar-refractivity contribution in [3.8, 4) is 0 Å². The molecule has 0 unspecified atom stereocenters. The minimum absolute atomic E-state index is 1.06. The van der Waals surface area contributed by atoms with Gasteiger partial charge < -0.3 is 10.6 Å². The molecule has 2 aromatic rings. The highest BCUT2D eigenvalue weighted by molar-refractivity contribution is 5.92. The van der Waals surface area contributed by atoms with Crippen molar-refractivity contribution in [2.75, 3.05) is 10.6 Å². The number of para-hydroxylation sites is 2. The van der Waals surface area contributed by atoms with Crippen LogP contribution >= 0.6 is 0 Å². The molecule has 92 valence electrons. The Balaban J connectivity index is 2.13. The first kappa shape index (κ1) is 11.1. The van der Waals surface area contributed by atoms with Crippen LogP contribution in [0.25, 0.3) is 0 Å². The predicted molar refractivity (Wildman–Crippen MR) is 78.2 cm³/mol. The van der Waals surface area contributed by atoms with Gasteiger partial charge in [0.1, 0.15) is 0 Å². The Hall–Kier alpha value is -1.96. The second kappa shape index (κ2) is 4.37. The van der Waals surface area contributed by atoms with Gasteiger partial charge in [-0.05, 0) is 42.2 Å². The van der Waals surface area contributed by atoms with Crippen LogP contribution in [0.15, 0.2) is 36.4 Å². The van der Waals surface area contributed by atoms with Crippen molar-refractivity contribution < 1.29 is 0 Å². The molecule has 0 saturated heterocycles. The smallest absolute Gasteiger partial charge is 0.0659 e. The van der Waals surface area contributed by atoms with E-state index >= 15 is 0 Å². The van der Waals surface area contributed by atoms with Gasteiger partial charge in [0.2, 0.25) is 0 Å². The Bertz CT molecular complexity index is 588. The van der Waals surface area contributed by atoms with Gasteiger partial charge in [-0.3, -0.25) is 0 Å². The molecule has 2 aromatic carbocycles. The maximum Gasteiger partial charge on any atom is 0.0659 e. The third kappa shape index (κ3) is 1.65. The summed E-state index contributed by atoms with van der Waals surface area (Å²) in [5, 5.41) is 7.08. The summed E-state index contributed by atoms with van der Waals surface area (Å²) in [6.07, 6.45) is 2.14. The van der Waals surface area contributed by atoms with Crippen LogP contribution in [0.1, 0.15) is 25.0 Å². The summed E-state index contributed by atoms with van der Waals surface area (Å²) in [5.74, 6) is 0. The van der Waals surface area contributed by atoms with Gasteiger partial charge in [-0.15, -0.1) is 0 Å². The van der Waals surface area contributed by atoms with E-state index in [4.69, 9.17) is 0 Å². The number of hydrogen-bond donors (Lipinski definition) is 2. The summed E-state index contributed by atoms with van der Waals surface area (Å²) in [7, 11) is 0. The molecule has 2 N–H and O–H groups in total. The maximum absolute atomic E-state index is 3.57. The Morgan fingerprint density at radius 1 is 0.778 bits per heavy atom. The monoisotopic (exact) mass is 238 g/mol. The Morgan fingerprint density at radius 2 is 1.50 bits per heavy atom. The largest absolute Gasteiger partial charge is 0.352 e. The fourth-order valence-electron chi connectivity index (χ4n) is 2.65. The van der Waals surface area contributed by atoms with E-state index in [0.717, 1.165) is 24.2 Å². The molecular formula is C16H18N2. The van der Waals surface area contributed by atoms with Crippen molar-refractivity contribution in [2.45, 2.75) is 26.7 Å². The number of rotatable bonds is 2. The van der Waals surface area contributed by atoms with Crippen LogP contribution in [0.5, 0.6) is 0 Å². The van der Waals surface area contributed by atoms with Crippen LogP contribution < -0.4 is 10.6 Å². The highest BCUT2D eigenvalue weighted by Crippen LogP contribution is 2.41. The fourth-order valence-corrected chi connectivity index (χ4v) is 2.65. The first-order chi connectivity index (χ1) is 8.83. The summed E-state index contributed by atoms with van der Waals surface area (Å²) in [6.45, 7) is 4.43. The second-order valence-corrected chi connectivity index (χ2v) is 4.63. The lowest BCUT2D eigenvalue weighted by molar-refractivity contribution is 1.04. The van der Waals surface area contributed by atoms with E-state index < -0.39 is 0 Å². The van der Waals surface area contributed by atoms with Crippen LogP contribution in [0, 0.1) is 0 Å². The molecule has 2 heteroatoms. The van der Waals surface area contributed by atoms with Crippen molar-refractivity contribution >= 4 is 22.7 Å². The van der Waals surface area contributed by atoms with Gasteiger partial charge in [-0.25, -0.2) is 0 Å². The van der Waals surface area contributed by atoms with Crippen LogP contribution in [0.4, 0.5) is 22.7 Å². The molecule has 0 atom stereocenters. The Morgan fingerprint density at radius 3 is 2.17 bits per heavy atom. The third-order valence-electron chi connectivity index (χ3n) is 3.60. The number of fused-ring (bicyclic) bond motifs is 2. The molecule has 18 heavy (non-hydrogen) atoms. The van der Waals surface area contributed by atoms with E-state index in [1.807, 2.05) is 0 Å². The van der Waals surface area contributed by atoms with Gasteiger partial charge in [-0.2, -0.15) is 0 Å². The zero-order chi connectivity index (χ0) is 12.5. The van der Waals surface area contributed by atoms with Gasteiger partial charge in [0, 0.05) is 0 Å². The molecule has 0 amide bonds. The van der Waals surface area contributed by atoms with Crippen LogP contribution in [0.3, 0.4) is 0 Å². The van der Waals surface area contributed by atoms with E-state index in [1.54, 1.807) is 0 Å². The molecule has 1 heterocycles. The van der Waals surface area contributed by atoms with Crippen molar-refractivity contribution in [2.24, 2.45) is 0 Å². The van der Waals surface area contributed by atoms with Crippen molar-refractivity contribution in [1.82, 2.24) is 0 Å². The van der Waals surface area contributed by atoms with E-state index in [-0.39, 0.29) is 0 Å². The zero-order valence-electron chi connectivity index (χ0n) is 10.9. The fraction of sp³-hybridized carbons (Fsp3) is 0.250. The second-order valence-electron chi connectivity index (χ2n) is 4.63. The SMILES string of the molecule is CCc1ccc2c(c1CC)Nc1ccccc1N2. The molecule has 3 rings (SSSR count). The minimum Gasteiger partial charge on any atom is -0.352 e. The van der Waals surface area contributed by atoms with E-state index in [1.165, 1.54) is 22.5 Å². The molecular weight excluding hydrogens is 220 g/mol. The molecule has 0 spiro atoms. The standard InChI is InChI=1S/C16H18N2/c1-3-11-9-10-15-16(12(11)4-2)18-14-8-6-5-7-13(14)17-15/h5-10,17-18H,3-4H2,1-2H3. The van der Waals surface area contributed by atoms with Crippen molar-refractivity contribution in [3.63, 3.8) is 0 Å². The number of benzene rings is 2. The highest BCUT2D eigenvalue weighted by Gasteiger charge is 2.17. The number of aryl methyl sites for hydroxylation is 1. The molecule has 1 aliphatic rings. The van der Waals surface area contributed by atoms with E-state index in [2.05, 4.69) is 60.9 Å². The van der Waals surface area contributed by atoms with Gasteiger partial charge in [-0.1, -0.05) is 32.0 Å².